The number of para-hydroxylation sites is 1. The monoisotopic (exact) mass is 442 g/mol. The van der Waals surface area contributed by atoms with Gasteiger partial charge in [0.25, 0.3) is 5.91 Å². The minimum atomic E-state index is -0.148. The van der Waals surface area contributed by atoms with E-state index in [-0.39, 0.29) is 17.7 Å². The van der Waals surface area contributed by atoms with Gasteiger partial charge < -0.3 is 10.6 Å². The van der Waals surface area contributed by atoms with Gasteiger partial charge in [0, 0.05) is 38.6 Å². The molecule has 0 atom stereocenters. The van der Waals surface area contributed by atoms with Crippen molar-refractivity contribution in [1.29, 1.82) is 0 Å². The number of thioether (sulfide) groups is 1. The highest BCUT2D eigenvalue weighted by Gasteiger charge is 2.38. The lowest BCUT2D eigenvalue weighted by molar-refractivity contribution is -0.117. The predicted octanol–water partition coefficient (Wildman–Crippen LogP) is 4.74. The average molecular weight is 443 g/mol. The third-order valence-corrected chi connectivity index (χ3v) is 7.10. The molecule has 2 aromatic rings. The van der Waals surface area contributed by atoms with Crippen molar-refractivity contribution < 1.29 is 9.59 Å². The summed E-state index contributed by atoms with van der Waals surface area (Å²) in [6, 6.07) is 16.0. The van der Waals surface area contributed by atoms with E-state index in [2.05, 4.69) is 27.2 Å². The third kappa shape index (κ3) is 3.73. The van der Waals surface area contributed by atoms with Crippen LogP contribution in [0, 0.1) is 11.8 Å². The van der Waals surface area contributed by atoms with Crippen LogP contribution in [0.1, 0.15) is 31.2 Å². The van der Waals surface area contributed by atoms with Gasteiger partial charge in [-0.15, -0.1) is 0 Å². The molecule has 6 rings (SSSR count). The number of anilines is 2. The molecule has 0 aromatic heterocycles. The summed E-state index contributed by atoms with van der Waals surface area (Å²) < 4.78 is 0. The lowest BCUT2D eigenvalue weighted by Gasteiger charge is -2.22. The maximum Gasteiger partial charge on any atom is 0.275 e. The lowest BCUT2D eigenvalue weighted by atomic mass is 10.0. The first-order valence-corrected chi connectivity index (χ1v) is 11.8. The van der Waals surface area contributed by atoms with E-state index in [1.165, 1.54) is 0 Å². The second kappa shape index (κ2) is 7.67. The maximum absolute atomic E-state index is 12.6. The first-order valence-electron chi connectivity index (χ1n) is 11.0. The quantitative estimate of drug-likeness (QED) is 0.584. The molecule has 0 bridgehead atoms. The average Bonchev–Trinajstić information content (AvgIpc) is 3.73. The van der Waals surface area contributed by atoms with E-state index in [0.717, 1.165) is 63.8 Å². The Hall–Kier alpha value is -3.32. The summed E-state index contributed by atoms with van der Waals surface area (Å²) in [4.78, 5) is 26.7. The van der Waals surface area contributed by atoms with Crippen LogP contribution in [0.4, 0.5) is 11.4 Å². The number of hydrazone groups is 1. The molecule has 2 aromatic carbocycles. The molecule has 6 nitrogen and oxygen atoms in total. The Balaban J connectivity index is 1.31. The SMILES string of the molecule is O=C1NN=C(C2CC2)C1=C1C=C(Sc2ccc(NC(=O)C3CC3)cc2)c2ccccc2N1. The molecule has 4 aliphatic rings. The molecule has 2 aliphatic carbocycles. The Bertz CT molecular complexity index is 1220. The summed E-state index contributed by atoms with van der Waals surface area (Å²) in [5, 5.41) is 10.7. The second-order valence-electron chi connectivity index (χ2n) is 8.57. The molecule has 160 valence electrons. The fourth-order valence-electron chi connectivity index (χ4n) is 3.99. The van der Waals surface area contributed by atoms with Gasteiger partial charge in [-0.25, -0.2) is 5.43 Å². The van der Waals surface area contributed by atoms with Crippen LogP contribution in [0.25, 0.3) is 4.91 Å². The first-order chi connectivity index (χ1) is 15.7. The molecule has 0 unspecified atom stereocenters. The molecular formula is C25H22N4O2S. The second-order valence-corrected chi connectivity index (χ2v) is 9.69. The molecular weight excluding hydrogens is 420 g/mol. The van der Waals surface area contributed by atoms with Crippen molar-refractivity contribution >= 4 is 45.6 Å². The molecule has 2 heterocycles. The Morgan fingerprint density at radius 1 is 1.03 bits per heavy atom. The van der Waals surface area contributed by atoms with E-state index in [1.807, 2.05) is 48.5 Å². The van der Waals surface area contributed by atoms with Crippen LogP contribution in [0.5, 0.6) is 0 Å². The van der Waals surface area contributed by atoms with E-state index < -0.39 is 0 Å². The maximum atomic E-state index is 12.6. The summed E-state index contributed by atoms with van der Waals surface area (Å²) in [6.45, 7) is 0. The third-order valence-electron chi connectivity index (χ3n) is 6.03. The van der Waals surface area contributed by atoms with E-state index in [0.29, 0.717) is 11.5 Å². The number of hydrogen-bond donors (Lipinski definition) is 3. The number of carbonyl (C=O) groups is 2. The van der Waals surface area contributed by atoms with Crippen LogP contribution < -0.4 is 16.1 Å². The molecule has 2 fully saturated rings. The zero-order valence-corrected chi connectivity index (χ0v) is 18.2. The van der Waals surface area contributed by atoms with Crippen molar-refractivity contribution in [3.63, 3.8) is 0 Å². The van der Waals surface area contributed by atoms with E-state index >= 15 is 0 Å². The van der Waals surface area contributed by atoms with Crippen molar-refractivity contribution in [2.45, 2.75) is 30.6 Å². The number of carbonyl (C=O) groups excluding carboxylic acids is 2. The molecule has 32 heavy (non-hydrogen) atoms. The van der Waals surface area contributed by atoms with Crippen LogP contribution in [0.2, 0.25) is 0 Å². The number of amides is 2. The number of nitrogens with one attached hydrogen (secondary N) is 3. The Morgan fingerprint density at radius 3 is 2.56 bits per heavy atom. The number of nitrogens with zero attached hydrogens (tertiary/aromatic N) is 1. The van der Waals surface area contributed by atoms with Gasteiger partial charge in [0.05, 0.1) is 17.0 Å². The summed E-state index contributed by atoms with van der Waals surface area (Å²) in [6.07, 6.45) is 6.19. The molecule has 0 spiro atoms. The summed E-state index contributed by atoms with van der Waals surface area (Å²) in [5.74, 6) is 0.520. The zero-order chi connectivity index (χ0) is 21.7. The van der Waals surface area contributed by atoms with Gasteiger partial charge in [-0.3, -0.25) is 9.59 Å². The minimum Gasteiger partial charge on any atom is -0.354 e. The summed E-state index contributed by atoms with van der Waals surface area (Å²) in [7, 11) is 0. The topological polar surface area (TPSA) is 82.6 Å². The fourth-order valence-corrected chi connectivity index (χ4v) is 4.98. The molecule has 0 radical (unpaired) electrons. The Morgan fingerprint density at radius 2 is 1.81 bits per heavy atom. The molecule has 2 amide bonds. The minimum absolute atomic E-state index is 0.111. The van der Waals surface area contributed by atoms with Gasteiger partial charge in [-0.2, -0.15) is 5.10 Å². The van der Waals surface area contributed by atoms with E-state index in [9.17, 15) is 9.59 Å². The molecule has 0 saturated heterocycles. The van der Waals surface area contributed by atoms with Crippen LogP contribution in [0.3, 0.4) is 0 Å². The molecule has 3 N–H and O–H groups in total. The van der Waals surface area contributed by atoms with E-state index in [1.54, 1.807) is 11.8 Å². The Labute approximate surface area is 190 Å². The highest BCUT2D eigenvalue weighted by molar-refractivity contribution is 8.08. The molecule has 7 heteroatoms. The highest BCUT2D eigenvalue weighted by Crippen LogP contribution is 2.43. The normalized spacial score (nSPS) is 21.8. The van der Waals surface area contributed by atoms with Crippen molar-refractivity contribution in [1.82, 2.24) is 5.43 Å². The van der Waals surface area contributed by atoms with Crippen LogP contribution in [-0.4, -0.2) is 17.5 Å². The van der Waals surface area contributed by atoms with Gasteiger partial charge in [-0.05, 0) is 62.1 Å². The largest absolute Gasteiger partial charge is 0.354 e. The van der Waals surface area contributed by atoms with Gasteiger partial charge >= 0.3 is 0 Å². The van der Waals surface area contributed by atoms with Gasteiger partial charge in [0.1, 0.15) is 0 Å². The van der Waals surface area contributed by atoms with Crippen molar-refractivity contribution in [3.8, 4) is 0 Å². The fraction of sp³-hybridized carbons (Fsp3) is 0.240. The number of benzene rings is 2. The number of fused-ring (bicyclic) bond motifs is 1. The predicted molar refractivity (Wildman–Crippen MR) is 127 cm³/mol. The van der Waals surface area contributed by atoms with Gasteiger partial charge in [0.2, 0.25) is 5.91 Å². The van der Waals surface area contributed by atoms with Crippen LogP contribution in [-0.2, 0) is 9.59 Å². The van der Waals surface area contributed by atoms with Gasteiger partial charge in [-0.1, -0.05) is 30.0 Å². The van der Waals surface area contributed by atoms with Crippen LogP contribution >= 0.6 is 11.8 Å². The smallest absolute Gasteiger partial charge is 0.275 e. The number of hydrogen-bond acceptors (Lipinski definition) is 5. The summed E-state index contributed by atoms with van der Waals surface area (Å²) >= 11 is 1.65. The number of rotatable bonds is 5. The zero-order valence-electron chi connectivity index (χ0n) is 17.4. The molecule has 2 aliphatic heterocycles. The van der Waals surface area contributed by atoms with Crippen molar-refractivity contribution in [2.75, 3.05) is 10.6 Å². The molecule has 2 saturated carbocycles. The van der Waals surface area contributed by atoms with E-state index in [4.69, 9.17) is 0 Å². The van der Waals surface area contributed by atoms with Gasteiger partial charge in [0.15, 0.2) is 0 Å². The first kappa shape index (κ1) is 19.4. The van der Waals surface area contributed by atoms with Crippen molar-refractivity contribution in [2.24, 2.45) is 16.9 Å². The Kier molecular flexibility index (Phi) is 4.64. The highest BCUT2D eigenvalue weighted by atomic mass is 32.2. The standard InChI is InChI=1S/C25H22N4O2S/c30-24(15-7-8-15)26-16-9-11-17(12-10-16)32-21-13-20(27-19-4-2-1-3-18(19)21)22-23(14-5-6-14)28-29-25(22)31/h1-4,9-15,27H,5-8H2,(H,26,30)(H,29,31). The number of allylic oxidation sites excluding steroid dienone is 1. The summed E-state index contributed by atoms with van der Waals surface area (Å²) in [5.41, 5.74) is 7.84. The van der Waals surface area contributed by atoms with Crippen LogP contribution in [0.15, 0.2) is 75.9 Å². The lowest BCUT2D eigenvalue weighted by Crippen LogP contribution is -2.20. The van der Waals surface area contributed by atoms with Crippen molar-refractivity contribution in [3.05, 3.63) is 71.4 Å².